The van der Waals surface area contributed by atoms with Crippen molar-refractivity contribution in [2.75, 3.05) is 24.7 Å². The Morgan fingerprint density at radius 1 is 1.34 bits per heavy atom. The van der Waals surface area contributed by atoms with Crippen molar-refractivity contribution in [3.8, 4) is 5.75 Å². The average Bonchev–Trinajstić information content (AvgIpc) is 3.50. The second-order valence-electron chi connectivity index (χ2n) is 6.51. The summed E-state index contributed by atoms with van der Waals surface area (Å²) in [6.07, 6.45) is 6.19. The van der Waals surface area contributed by atoms with Gasteiger partial charge in [0.1, 0.15) is 11.3 Å². The molecular weight excluding hydrogens is 440 g/mol. The molecule has 0 atom stereocenters. The summed E-state index contributed by atoms with van der Waals surface area (Å²) in [5.41, 5.74) is 1.38. The van der Waals surface area contributed by atoms with Crippen molar-refractivity contribution < 1.29 is 18.4 Å². The SMILES string of the molecule is [2H]C([2H])([2H])NC(=O)c1cnc(NC(=O)C2CC2)cc1Nc1ccn2ncc(Br)c2c1OC. The number of methoxy groups -OCH3 is 1. The van der Waals surface area contributed by atoms with Gasteiger partial charge in [0.15, 0.2) is 5.75 Å². The molecule has 0 bridgehead atoms. The first kappa shape index (κ1) is 15.7. The van der Waals surface area contributed by atoms with Gasteiger partial charge < -0.3 is 20.7 Å². The first-order chi connectivity index (χ1) is 15.2. The summed E-state index contributed by atoms with van der Waals surface area (Å²) < 4.78 is 29.8. The molecule has 9 nitrogen and oxygen atoms in total. The molecule has 1 aliphatic rings. The van der Waals surface area contributed by atoms with Gasteiger partial charge in [-0.3, -0.25) is 9.59 Å². The Bertz CT molecular complexity index is 1210. The monoisotopic (exact) mass is 461 g/mol. The molecule has 1 saturated carbocycles. The summed E-state index contributed by atoms with van der Waals surface area (Å²) in [6, 6.07) is 3.17. The van der Waals surface area contributed by atoms with E-state index in [-0.39, 0.29) is 28.9 Å². The first-order valence-corrected chi connectivity index (χ1v) is 9.56. The number of anilines is 3. The molecule has 29 heavy (non-hydrogen) atoms. The quantitative estimate of drug-likeness (QED) is 0.520. The maximum absolute atomic E-state index is 12.6. The van der Waals surface area contributed by atoms with E-state index >= 15 is 0 Å². The zero-order valence-corrected chi connectivity index (χ0v) is 16.9. The second-order valence-corrected chi connectivity index (χ2v) is 7.36. The Morgan fingerprint density at radius 3 is 2.90 bits per heavy atom. The third kappa shape index (κ3) is 3.75. The predicted molar refractivity (Wildman–Crippen MR) is 112 cm³/mol. The molecule has 2 amide bonds. The normalized spacial score (nSPS) is 15.2. The molecule has 150 valence electrons. The number of nitrogens with zero attached hydrogens (tertiary/aromatic N) is 3. The number of pyridine rings is 2. The van der Waals surface area contributed by atoms with E-state index < -0.39 is 12.9 Å². The number of aromatic nitrogens is 3. The lowest BCUT2D eigenvalue weighted by molar-refractivity contribution is -0.117. The van der Waals surface area contributed by atoms with Crippen molar-refractivity contribution in [1.82, 2.24) is 19.9 Å². The van der Waals surface area contributed by atoms with Gasteiger partial charge in [0.05, 0.1) is 34.7 Å². The average molecular weight is 462 g/mol. The Kier molecular flexibility index (Phi) is 4.18. The molecule has 0 unspecified atom stereocenters. The number of carbonyl (C=O) groups excluding carboxylic acids is 2. The zero-order valence-electron chi connectivity index (χ0n) is 18.3. The molecule has 3 N–H and O–H groups in total. The summed E-state index contributed by atoms with van der Waals surface area (Å²) in [5.74, 6) is -0.343. The number of carbonyl (C=O) groups is 2. The first-order valence-electron chi connectivity index (χ1n) is 10.3. The molecule has 1 fully saturated rings. The number of rotatable bonds is 6. The number of halogens is 1. The van der Waals surface area contributed by atoms with E-state index in [0.29, 0.717) is 21.4 Å². The van der Waals surface area contributed by atoms with Gasteiger partial charge in [-0.25, -0.2) is 9.50 Å². The number of nitrogens with one attached hydrogen (secondary N) is 3. The summed E-state index contributed by atoms with van der Waals surface area (Å²) in [6.45, 7) is -2.67. The largest absolute Gasteiger partial charge is 0.492 e. The minimum atomic E-state index is -2.67. The van der Waals surface area contributed by atoms with Crippen LogP contribution in [0.25, 0.3) is 5.52 Å². The highest BCUT2D eigenvalue weighted by molar-refractivity contribution is 9.10. The van der Waals surface area contributed by atoms with E-state index in [2.05, 4.69) is 36.6 Å². The zero-order chi connectivity index (χ0) is 23.0. The van der Waals surface area contributed by atoms with Crippen molar-refractivity contribution in [3.63, 3.8) is 0 Å². The van der Waals surface area contributed by atoms with Crippen LogP contribution < -0.4 is 20.7 Å². The molecule has 4 rings (SSSR count). The Hall–Kier alpha value is -3.14. The number of hydrogen-bond acceptors (Lipinski definition) is 6. The molecule has 0 aliphatic heterocycles. The summed E-state index contributed by atoms with van der Waals surface area (Å²) >= 11 is 3.43. The van der Waals surface area contributed by atoms with E-state index in [1.807, 2.05) is 5.32 Å². The summed E-state index contributed by atoms with van der Waals surface area (Å²) in [5, 5.41) is 12.0. The Balaban J connectivity index is 1.74. The third-order valence-electron chi connectivity index (χ3n) is 4.53. The van der Waals surface area contributed by atoms with Crippen molar-refractivity contribution in [2.24, 2.45) is 5.92 Å². The van der Waals surface area contributed by atoms with Crippen LogP contribution in [0.15, 0.2) is 35.2 Å². The molecule has 0 aromatic carbocycles. The van der Waals surface area contributed by atoms with Crippen LogP contribution in [0.3, 0.4) is 0 Å². The van der Waals surface area contributed by atoms with E-state index in [9.17, 15) is 9.59 Å². The van der Waals surface area contributed by atoms with Crippen molar-refractivity contribution in [3.05, 3.63) is 40.8 Å². The molecule has 0 saturated heterocycles. The number of amides is 2. The smallest absolute Gasteiger partial charge is 0.254 e. The van der Waals surface area contributed by atoms with Crippen LogP contribution in [-0.4, -0.2) is 40.5 Å². The molecule has 3 aromatic heterocycles. The highest BCUT2D eigenvalue weighted by Gasteiger charge is 2.30. The van der Waals surface area contributed by atoms with Crippen LogP contribution >= 0.6 is 15.9 Å². The molecule has 1 aliphatic carbocycles. The second kappa shape index (κ2) is 7.70. The molecular formula is C19H19BrN6O3. The van der Waals surface area contributed by atoms with Crippen LogP contribution in [0.4, 0.5) is 17.2 Å². The van der Waals surface area contributed by atoms with E-state index in [0.717, 1.165) is 12.8 Å². The lowest BCUT2D eigenvalue weighted by atomic mass is 10.2. The van der Waals surface area contributed by atoms with Gasteiger partial charge in [-0.05, 0) is 34.8 Å². The highest BCUT2D eigenvalue weighted by Crippen LogP contribution is 2.37. The number of hydrogen-bond donors (Lipinski definition) is 3. The number of ether oxygens (including phenoxy) is 1. The van der Waals surface area contributed by atoms with E-state index in [1.165, 1.54) is 19.4 Å². The Morgan fingerprint density at radius 2 is 2.17 bits per heavy atom. The topological polar surface area (TPSA) is 110 Å². The van der Waals surface area contributed by atoms with Gasteiger partial charge in [0, 0.05) is 35.5 Å². The lowest BCUT2D eigenvalue weighted by Crippen LogP contribution is -2.20. The highest BCUT2D eigenvalue weighted by atomic mass is 79.9. The fourth-order valence-corrected chi connectivity index (χ4v) is 3.37. The van der Waals surface area contributed by atoms with Gasteiger partial charge in [-0.1, -0.05) is 0 Å². The third-order valence-corrected chi connectivity index (χ3v) is 5.11. The number of fused-ring (bicyclic) bond motifs is 1. The van der Waals surface area contributed by atoms with E-state index in [4.69, 9.17) is 8.85 Å². The van der Waals surface area contributed by atoms with Crippen molar-refractivity contribution in [1.29, 1.82) is 0 Å². The maximum Gasteiger partial charge on any atom is 0.254 e. The minimum absolute atomic E-state index is 0.0138. The van der Waals surface area contributed by atoms with E-state index in [1.54, 1.807) is 23.0 Å². The van der Waals surface area contributed by atoms with Gasteiger partial charge in [0.2, 0.25) is 5.91 Å². The van der Waals surface area contributed by atoms with Crippen LogP contribution in [0.1, 0.15) is 27.3 Å². The van der Waals surface area contributed by atoms with Crippen LogP contribution in [0.2, 0.25) is 0 Å². The van der Waals surface area contributed by atoms with Gasteiger partial charge in [-0.15, -0.1) is 0 Å². The Labute approximate surface area is 179 Å². The van der Waals surface area contributed by atoms with Crippen molar-refractivity contribution in [2.45, 2.75) is 12.8 Å². The fraction of sp³-hybridized carbons (Fsp3) is 0.263. The summed E-state index contributed by atoms with van der Waals surface area (Å²) in [4.78, 5) is 28.9. The van der Waals surface area contributed by atoms with Gasteiger partial charge in [-0.2, -0.15) is 5.10 Å². The maximum atomic E-state index is 12.6. The van der Waals surface area contributed by atoms with Crippen LogP contribution in [0, 0.1) is 5.92 Å². The molecule has 0 radical (unpaired) electrons. The minimum Gasteiger partial charge on any atom is -0.492 e. The van der Waals surface area contributed by atoms with Gasteiger partial charge in [0.25, 0.3) is 5.91 Å². The lowest BCUT2D eigenvalue weighted by Gasteiger charge is -2.16. The summed E-state index contributed by atoms with van der Waals surface area (Å²) in [7, 11) is 1.50. The molecule has 0 spiro atoms. The molecule has 10 heteroatoms. The van der Waals surface area contributed by atoms with Crippen LogP contribution in [-0.2, 0) is 4.79 Å². The standard InChI is InChI=1S/C19H19BrN6O3/c1-21-19(28)11-8-22-15(25-18(27)10-3-4-10)7-14(11)24-13-5-6-26-16(17(13)29-2)12(20)9-23-26/h5-10H,3-4H2,1-2H3,(H,21,28)(H2,22,24,25,27)/i1D3. The van der Waals surface area contributed by atoms with Crippen molar-refractivity contribution >= 4 is 50.5 Å². The van der Waals surface area contributed by atoms with Gasteiger partial charge >= 0.3 is 0 Å². The molecule has 3 heterocycles. The fourth-order valence-electron chi connectivity index (χ4n) is 2.91. The predicted octanol–water partition coefficient (Wildman–Crippen LogP) is 2.95. The van der Waals surface area contributed by atoms with Crippen LogP contribution in [0.5, 0.6) is 5.75 Å². The molecule has 3 aromatic rings.